The number of anilines is 1. The molecule has 1 saturated heterocycles. The normalized spacial score (nSPS) is 15.6. The smallest absolute Gasteiger partial charge is 0.321 e. The summed E-state index contributed by atoms with van der Waals surface area (Å²) in [4.78, 5) is 28.1. The molecule has 0 saturated carbocycles. The molecule has 1 aromatic rings. The van der Waals surface area contributed by atoms with Crippen LogP contribution in [-0.4, -0.2) is 54.0 Å². The highest BCUT2D eigenvalue weighted by Crippen LogP contribution is 2.13. The van der Waals surface area contributed by atoms with Crippen LogP contribution in [0.15, 0.2) is 24.3 Å². The van der Waals surface area contributed by atoms with Crippen molar-refractivity contribution in [1.29, 1.82) is 0 Å². The molecule has 1 heterocycles. The van der Waals surface area contributed by atoms with Crippen LogP contribution in [-0.2, 0) is 4.79 Å². The number of carbonyl (C=O) groups excluding carboxylic acids is 2. The first-order chi connectivity index (χ1) is 11.4. The molecule has 3 N–H and O–H groups in total. The van der Waals surface area contributed by atoms with E-state index in [-0.39, 0.29) is 24.3 Å². The summed E-state index contributed by atoms with van der Waals surface area (Å²) in [5.74, 6) is 0.382. The summed E-state index contributed by atoms with van der Waals surface area (Å²) >= 11 is 0. The van der Waals surface area contributed by atoms with Gasteiger partial charge in [-0.15, -0.1) is 12.4 Å². The second-order valence-corrected chi connectivity index (χ2v) is 6.85. The minimum atomic E-state index is -0.447. The second-order valence-electron chi connectivity index (χ2n) is 6.85. The van der Waals surface area contributed by atoms with Crippen LogP contribution in [0.3, 0.4) is 0 Å². The first-order valence-corrected chi connectivity index (χ1v) is 8.53. The van der Waals surface area contributed by atoms with Crippen LogP contribution >= 0.6 is 12.4 Å². The molecule has 0 radical (unpaired) electrons. The summed E-state index contributed by atoms with van der Waals surface area (Å²) in [6.45, 7) is 8.22. The van der Waals surface area contributed by atoms with Crippen molar-refractivity contribution in [3.05, 3.63) is 29.8 Å². The molecule has 1 aliphatic heterocycles. The van der Waals surface area contributed by atoms with Crippen LogP contribution in [0.5, 0.6) is 0 Å². The molecular weight excluding hydrogens is 340 g/mol. The Bertz CT molecular complexity index is 586. The lowest BCUT2D eigenvalue weighted by atomic mass is 10.0. The lowest BCUT2D eigenvalue weighted by Crippen LogP contribution is -2.55. The minimum absolute atomic E-state index is 0. The Labute approximate surface area is 156 Å². The Balaban J connectivity index is 0.00000312. The van der Waals surface area contributed by atoms with Crippen LogP contribution < -0.4 is 11.1 Å². The molecule has 140 valence electrons. The van der Waals surface area contributed by atoms with E-state index in [1.165, 1.54) is 0 Å². The maximum Gasteiger partial charge on any atom is 0.321 e. The van der Waals surface area contributed by atoms with Crippen LogP contribution in [0.1, 0.15) is 25.8 Å². The largest absolute Gasteiger partial charge is 0.338 e. The minimum Gasteiger partial charge on any atom is -0.338 e. The standard InChI is InChI=1S/C18H28N4O2.ClH/c1-13(2)11-16(19)17(23)21-7-9-22(10-8-21)18(24)20-15-6-4-5-14(3)12-15;/h4-6,12-13,16H,7-11,19H2,1-3H3,(H,20,24);1H/t16-;/m0./s1. The fourth-order valence-electron chi connectivity index (χ4n) is 2.90. The topological polar surface area (TPSA) is 78.7 Å². The van der Waals surface area contributed by atoms with Gasteiger partial charge in [-0.05, 0) is 37.0 Å². The zero-order valence-electron chi connectivity index (χ0n) is 15.2. The second kappa shape index (κ2) is 9.63. The fourth-order valence-corrected chi connectivity index (χ4v) is 2.90. The molecule has 3 amide bonds. The number of hydrogen-bond donors (Lipinski definition) is 2. The molecule has 1 fully saturated rings. The zero-order valence-corrected chi connectivity index (χ0v) is 16.0. The molecule has 0 aliphatic carbocycles. The number of hydrogen-bond acceptors (Lipinski definition) is 3. The van der Waals surface area contributed by atoms with Crippen LogP contribution in [0.4, 0.5) is 10.5 Å². The predicted octanol–water partition coefficient (Wildman–Crippen LogP) is 2.47. The Morgan fingerprint density at radius 1 is 1.16 bits per heavy atom. The molecule has 0 spiro atoms. The number of urea groups is 1. The summed E-state index contributed by atoms with van der Waals surface area (Å²) in [5.41, 5.74) is 7.86. The monoisotopic (exact) mass is 368 g/mol. The van der Waals surface area contributed by atoms with Gasteiger partial charge in [0, 0.05) is 31.9 Å². The average molecular weight is 369 g/mol. The first-order valence-electron chi connectivity index (χ1n) is 8.53. The quantitative estimate of drug-likeness (QED) is 0.856. The van der Waals surface area contributed by atoms with Crippen molar-refractivity contribution in [2.24, 2.45) is 11.7 Å². The Morgan fingerprint density at radius 3 is 2.32 bits per heavy atom. The molecule has 1 aromatic carbocycles. The average Bonchev–Trinajstić information content (AvgIpc) is 2.53. The molecule has 1 atom stereocenters. The van der Waals surface area contributed by atoms with Crippen molar-refractivity contribution in [1.82, 2.24) is 9.80 Å². The van der Waals surface area contributed by atoms with Gasteiger partial charge < -0.3 is 20.9 Å². The number of amides is 3. The lowest BCUT2D eigenvalue weighted by Gasteiger charge is -2.36. The van der Waals surface area contributed by atoms with Gasteiger partial charge in [0.05, 0.1) is 6.04 Å². The SMILES string of the molecule is Cc1cccc(NC(=O)N2CCN(C(=O)[C@@H](N)CC(C)C)CC2)c1.Cl. The van der Waals surface area contributed by atoms with Gasteiger partial charge >= 0.3 is 6.03 Å². The Kier molecular flexibility index (Phi) is 8.19. The number of nitrogens with two attached hydrogens (primary N) is 1. The van der Waals surface area contributed by atoms with Crippen molar-refractivity contribution in [2.45, 2.75) is 33.2 Å². The summed E-state index contributed by atoms with van der Waals surface area (Å²) in [7, 11) is 0. The number of benzene rings is 1. The van der Waals surface area contributed by atoms with E-state index in [0.717, 1.165) is 11.3 Å². The molecule has 25 heavy (non-hydrogen) atoms. The van der Waals surface area contributed by atoms with E-state index in [9.17, 15) is 9.59 Å². The highest BCUT2D eigenvalue weighted by Gasteiger charge is 2.27. The van der Waals surface area contributed by atoms with E-state index in [2.05, 4.69) is 19.2 Å². The van der Waals surface area contributed by atoms with Gasteiger partial charge in [-0.3, -0.25) is 4.79 Å². The van der Waals surface area contributed by atoms with Crippen molar-refractivity contribution >= 4 is 30.0 Å². The molecule has 0 aromatic heterocycles. The summed E-state index contributed by atoms with van der Waals surface area (Å²) in [6, 6.07) is 7.13. The summed E-state index contributed by atoms with van der Waals surface area (Å²) in [5, 5.41) is 2.90. The number of piperazine rings is 1. The first kappa shape index (κ1) is 21.3. The Hall–Kier alpha value is -1.79. The van der Waals surface area contributed by atoms with E-state index in [1.54, 1.807) is 9.80 Å². The third-order valence-electron chi connectivity index (χ3n) is 4.19. The molecule has 6 nitrogen and oxygen atoms in total. The van der Waals surface area contributed by atoms with Crippen LogP contribution in [0.2, 0.25) is 0 Å². The van der Waals surface area contributed by atoms with Gasteiger partial charge in [0.1, 0.15) is 0 Å². The molecule has 1 aliphatic rings. The highest BCUT2D eigenvalue weighted by molar-refractivity contribution is 5.89. The molecule has 7 heteroatoms. The van der Waals surface area contributed by atoms with Crippen LogP contribution in [0, 0.1) is 12.8 Å². The van der Waals surface area contributed by atoms with Gasteiger partial charge in [0.2, 0.25) is 5.91 Å². The van der Waals surface area contributed by atoms with Gasteiger partial charge in [-0.1, -0.05) is 26.0 Å². The highest BCUT2D eigenvalue weighted by atomic mass is 35.5. The van der Waals surface area contributed by atoms with E-state index in [0.29, 0.717) is 38.5 Å². The summed E-state index contributed by atoms with van der Waals surface area (Å²) in [6.07, 6.45) is 0.687. The zero-order chi connectivity index (χ0) is 17.7. The fraction of sp³-hybridized carbons (Fsp3) is 0.556. The van der Waals surface area contributed by atoms with Crippen molar-refractivity contribution in [3.8, 4) is 0 Å². The van der Waals surface area contributed by atoms with Crippen molar-refractivity contribution in [3.63, 3.8) is 0 Å². The van der Waals surface area contributed by atoms with E-state index in [1.807, 2.05) is 31.2 Å². The number of nitrogens with one attached hydrogen (secondary N) is 1. The number of carbonyl (C=O) groups is 2. The molecular formula is C18H29ClN4O2. The van der Waals surface area contributed by atoms with Gasteiger partial charge in [-0.25, -0.2) is 4.79 Å². The predicted molar refractivity (Wildman–Crippen MR) is 103 cm³/mol. The van der Waals surface area contributed by atoms with Crippen LogP contribution in [0.25, 0.3) is 0 Å². The third kappa shape index (κ3) is 6.21. The van der Waals surface area contributed by atoms with E-state index in [4.69, 9.17) is 5.73 Å². The number of rotatable bonds is 4. The maximum absolute atomic E-state index is 12.3. The lowest BCUT2D eigenvalue weighted by molar-refractivity contribution is -0.134. The summed E-state index contributed by atoms with van der Waals surface area (Å²) < 4.78 is 0. The third-order valence-corrected chi connectivity index (χ3v) is 4.19. The van der Waals surface area contributed by atoms with Gasteiger partial charge in [0.25, 0.3) is 0 Å². The van der Waals surface area contributed by atoms with Gasteiger partial charge in [0.15, 0.2) is 0 Å². The number of halogens is 1. The number of aryl methyl sites for hydroxylation is 1. The van der Waals surface area contributed by atoms with E-state index < -0.39 is 6.04 Å². The molecule has 0 bridgehead atoms. The maximum atomic E-state index is 12.3. The molecule has 0 unspecified atom stereocenters. The van der Waals surface area contributed by atoms with Crippen molar-refractivity contribution in [2.75, 3.05) is 31.5 Å². The van der Waals surface area contributed by atoms with Gasteiger partial charge in [-0.2, -0.15) is 0 Å². The van der Waals surface area contributed by atoms with E-state index >= 15 is 0 Å². The number of nitrogens with zero attached hydrogens (tertiary/aromatic N) is 2. The molecule has 2 rings (SSSR count). The Morgan fingerprint density at radius 2 is 1.76 bits per heavy atom. The van der Waals surface area contributed by atoms with Crippen molar-refractivity contribution < 1.29 is 9.59 Å².